The zero-order chi connectivity index (χ0) is 14.9. The van der Waals surface area contributed by atoms with E-state index in [2.05, 4.69) is 28.8 Å². The van der Waals surface area contributed by atoms with Crippen LogP contribution >= 0.6 is 11.3 Å². The first kappa shape index (κ1) is 15.3. The molecule has 0 bridgehead atoms. The highest BCUT2D eigenvalue weighted by atomic mass is 32.1. The van der Waals surface area contributed by atoms with Crippen LogP contribution in [-0.2, 0) is 10.2 Å². The van der Waals surface area contributed by atoms with Gasteiger partial charge in [0.1, 0.15) is 5.41 Å². The number of carbonyl (C=O) groups is 1. The molecule has 1 unspecified atom stereocenters. The Balaban J connectivity index is 2.15. The van der Waals surface area contributed by atoms with Gasteiger partial charge in [-0.1, -0.05) is 6.92 Å². The Morgan fingerprint density at radius 1 is 1.55 bits per heavy atom. The van der Waals surface area contributed by atoms with E-state index in [1.807, 2.05) is 5.38 Å². The second-order valence-corrected chi connectivity index (χ2v) is 6.77. The van der Waals surface area contributed by atoms with E-state index in [1.165, 1.54) is 0 Å². The van der Waals surface area contributed by atoms with Gasteiger partial charge >= 0.3 is 5.97 Å². The van der Waals surface area contributed by atoms with Crippen LogP contribution in [0.15, 0.2) is 5.38 Å². The molecule has 1 saturated heterocycles. The van der Waals surface area contributed by atoms with Crippen molar-refractivity contribution in [2.45, 2.75) is 38.6 Å². The Morgan fingerprint density at radius 3 is 2.85 bits per heavy atom. The summed E-state index contributed by atoms with van der Waals surface area (Å²) in [5.74, 6) is -0.834. The van der Waals surface area contributed by atoms with Crippen molar-refractivity contribution in [3.63, 3.8) is 0 Å². The fourth-order valence-electron chi connectivity index (χ4n) is 2.37. The Labute approximate surface area is 124 Å². The summed E-state index contributed by atoms with van der Waals surface area (Å²) in [6.45, 7) is 8.54. The van der Waals surface area contributed by atoms with E-state index in [0.717, 1.165) is 31.2 Å². The molecule has 5 nitrogen and oxygen atoms in total. The number of hydrogen-bond acceptors (Lipinski definition) is 5. The average Bonchev–Trinajstić information content (AvgIpc) is 2.89. The van der Waals surface area contributed by atoms with Crippen LogP contribution in [0.3, 0.4) is 0 Å². The molecule has 1 N–H and O–H groups in total. The smallest absolute Gasteiger partial charge is 0.315 e. The molecule has 0 aliphatic carbocycles. The van der Waals surface area contributed by atoms with Crippen molar-refractivity contribution in [1.82, 2.24) is 9.88 Å². The SMILES string of the molecule is CCC1CN(c2nc(C(C)(C)C(=O)O)cs2)CCN1C. The predicted octanol–water partition coefficient (Wildman–Crippen LogP) is 2.04. The number of carboxylic acid groups (broad SMARTS) is 1. The van der Waals surface area contributed by atoms with E-state index in [-0.39, 0.29) is 0 Å². The molecule has 0 radical (unpaired) electrons. The molecule has 1 aliphatic heterocycles. The number of aromatic nitrogens is 1. The highest BCUT2D eigenvalue weighted by Crippen LogP contribution is 2.30. The molecule has 0 amide bonds. The van der Waals surface area contributed by atoms with E-state index in [1.54, 1.807) is 25.2 Å². The standard InChI is InChI=1S/C14H23N3O2S/c1-5-10-8-17(7-6-16(10)4)13-15-11(9-20-13)14(2,3)12(18)19/h9-10H,5-8H2,1-4H3,(H,18,19). The third kappa shape index (κ3) is 2.81. The molecule has 0 aromatic carbocycles. The molecule has 1 aromatic heterocycles. The zero-order valence-electron chi connectivity index (χ0n) is 12.6. The van der Waals surface area contributed by atoms with Crippen molar-refractivity contribution >= 4 is 22.4 Å². The fraction of sp³-hybridized carbons (Fsp3) is 0.714. The van der Waals surface area contributed by atoms with Gasteiger partial charge in [-0.15, -0.1) is 11.3 Å². The molecule has 112 valence electrons. The lowest BCUT2D eigenvalue weighted by Gasteiger charge is -2.39. The fourth-order valence-corrected chi connectivity index (χ4v) is 3.40. The van der Waals surface area contributed by atoms with Crippen molar-refractivity contribution in [1.29, 1.82) is 0 Å². The summed E-state index contributed by atoms with van der Waals surface area (Å²) in [5.41, 5.74) is -0.275. The van der Waals surface area contributed by atoms with Gasteiger partial charge in [0.2, 0.25) is 0 Å². The molecule has 0 saturated carbocycles. The summed E-state index contributed by atoms with van der Waals surface area (Å²) in [6, 6.07) is 0.545. The Hall–Kier alpha value is -1.14. The second kappa shape index (κ2) is 5.69. The summed E-state index contributed by atoms with van der Waals surface area (Å²) in [7, 11) is 2.16. The van der Waals surface area contributed by atoms with Gasteiger partial charge < -0.3 is 10.0 Å². The molecule has 1 aliphatic rings. The van der Waals surface area contributed by atoms with Gasteiger partial charge in [0.25, 0.3) is 0 Å². The largest absolute Gasteiger partial charge is 0.481 e. The summed E-state index contributed by atoms with van der Waals surface area (Å²) in [4.78, 5) is 20.5. The van der Waals surface area contributed by atoms with Gasteiger partial charge in [-0.25, -0.2) is 4.98 Å². The van der Waals surface area contributed by atoms with Crippen molar-refractivity contribution in [3.8, 4) is 0 Å². The summed E-state index contributed by atoms with van der Waals surface area (Å²) in [6.07, 6.45) is 1.12. The van der Waals surface area contributed by atoms with Crippen LogP contribution in [0.5, 0.6) is 0 Å². The maximum Gasteiger partial charge on any atom is 0.315 e. The number of nitrogens with zero attached hydrogens (tertiary/aromatic N) is 3. The first-order valence-corrected chi connectivity index (χ1v) is 7.88. The second-order valence-electron chi connectivity index (χ2n) is 5.93. The zero-order valence-corrected chi connectivity index (χ0v) is 13.4. The maximum absolute atomic E-state index is 11.3. The number of aliphatic carboxylic acids is 1. The first-order chi connectivity index (χ1) is 9.36. The molecular formula is C14H23N3O2S. The molecule has 2 rings (SSSR count). The lowest BCUT2D eigenvalue weighted by molar-refractivity contribution is -0.142. The highest BCUT2D eigenvalue weighted by molar-refractivity contribution is 7.13. The first-order valence-electron chi connectivity index (χ1n) is 7.00. The molecule has 20 heavy (non-hydrogen) atoms. The van der Waals surface area contributed by atoms with Crippen LogP contribution in [0.2, 0.25) is 0 Å². The summed E-state index contributed by atoms with van der Waals surface area (Å²) in [5, 5.41) is 12.1. The Kier molecular flexibility index (Phi) is 4.34. The van der Waals surface area contributed by atoms with E-state index in [4.69, 9.17) is 0 Å². The van der Waals surface area contributed by atoms with Crippen molar-refractivity contribution < 1.29 is 9.90 Å². The third-order valence-electron chi connectivity index (χ3n) is 4.19. The monoisotopic (exact) mass is 297 g/mol. The number of likely N-dealkylation sites (N-methyl/N-ethyl adjacent to an activating group) is 1. The van der Waals surface area contributed by atoms with E-state index < -0.39 is 11.4 Å². The van der Waals surface area contributed by atoms with Crippen LogP contribution in [0.4, 0.5) is 5.13 Å². The van der Waals surface area contributed by atoms with Crippen molar-refractivity contribution in [2.24, 2.45) is 0 Å². The van der Waals surface area contributed by atoms with Gasteiger partial charge in [-0.05, 0) is 27.3 Å². The number of hydrogen-bond donors (Lipinski definition) is 1. The van der Waals surface area contributed by atoms with Crippen LogP contribution in [-0.4, -0.2) is 53.7 Å². The van der Waals surface area contributed by atoms with Gasteiger partial charge in [0.15, 0.2) is 5.13 Å². The minimum absolute atomic E-state index is 0.545. The van der Waals surface area contributed by atoms with Gasteiger partial charge in [0, 0.05) is 31.1 Å². The van der Waals surface area contributed by atoms with Crippen LogP contribution in [0.1, 0.15) is 32.9 Å². The predicted molar refractivity (Wildman–Crippen MR) is 81.7 cm³/mol. The number of piperazine rings is 1. The summed E-state index contributed by atoms with van der Waals surface area (Å²) >= 11 is 1.55. The summed E-state index contributed by atoms with van der Waals surface area (Å²) < 4.78 is 0. The molecule has 2 heterocycles. The Bertz CT molecular complexity index is 487. The molecule has 1 aromatic rings. The topological polar surface area (TPSA) is 56.7 Å². The van der Waals surface area contributed by atoms with E-state index in [0.29, 0.717) is 11.7 Å². The number of anilines is 1. The molecule has 6 heteroatoms. The van der Waals surface area contributed by atoms with Gasteiger partial charge in [0.05, 0.1) is 5.69 Å². The number of thiazole rings is 1. The lowest BCUT2D eigenvalue weighted by atomic mass is 9.90. The lowest BCUT2D eigenvalue weighted by Crippen LogP contribution is -2.51. The third-order valence-corrected chi connectivity index (χ3v) is 5.09. The average molecular weight is 297 g/mol. The van der Waals surface area contributed by atoms with Gasteiger partial charge in [-0.2, -0.15) is 0 Å². The van der Waals surface area contributed by atoms with Gasteiger partial charge in [-0.3, -0.25) is 9.69 Å². The minimum Gasteiger partial charge on any atom is -0.481 e. The normalized spacial score (nSPS) is 21.2. The van der Waals surface area contributed by atoms with Crippen LogP contribution < -0.4 is 4.90 Å². The van der Waals surface area contributed by atoms with Crippen LogP contribution in [0.25, 0.3) is 0 Å². The number of carboxylic acids is 1. The van der Waals surface area contributed by atoms with Crippen molar-refractivity contribution in [3.05, 3.63) is 11.1 Å². The molecule has 1 atom stereocenters. The molecule has 0 spiro atoms. The molecule has 1 fully saturated rings. The van der Waals surface area contributed by atoms with Crippen LogP contribution in [0, 0.1) is 0 Å². The van der Waals surface area contributed by atoms with E-state index in [9.17, 15) is 9.90 Å². The quantitative estimate of drug-likeness (QED) is 0.921. The minimum atomic E-state index is -0.925. The number of rotatable bonds is 4. The maximum atomic E-state index is 11.3. The molecular weight excluding hydrogens is 274 g/mol. The highest BCUT2D eigenvalue weighted by Gasteiger charge is 2.33. The Morgan fingerprint density at radius 2 is 2.25 bits per heavy atom. The van der Waals surface area contributed by atoms with E-state index >= 15 is 0 Å². The van der Waals surface area contributed by atoms with Crippen molar-refractivity contribution in [2.75, 3.05) is 31.6 Å².